The van der Waals surface area contributed by atoms with E-state index in [1.165, 1.54) is 0 Å². The van der Waals surface area contributed by atoms with E-state index in [2.05, 4.69) is 42.9 Å². The Labute approximate surface area is 184 Å². The highest BCUT2D eigenvalue weighted by atomic mass is 127. The van der Waals surface area contributed by atoms with Crippen LogP contribution in [0.25, 0.3) is 11.2 Å². The van der Waals surface area contributed by atoms with Crippen LogP contribution in [0.3, 0.4) is 0 Å². The summed E-state index contributed by atoms with van der Waals surface area (Å²) in [6.45, 7) is 0.708. The van der Waals surface area contributed by atoms with Crippen molar-refractivity contribution in [1.82, 2.24) is 24.8 Å². The second-order valence-electron chi connectivity index (χ2n) is 6.53. The zero-order chi connectivity index (χ0) is 21.3. The number of aliphatic hydroxyl groups is 1. The third kappa shape index (κ3) is 4.05. The second-order valence-corrected chi connectivity index (χ2v) is 7.70. The van der Waals surface area contributed by atoms with Crippen LogP contribution in [0, 0.1) is 9.65 Å². The third-order valence-electron chi connectivity index (χ3n) is 4.45. The Morgan fingerprint density at radius 1 is 1.30 bits per heavy atom. The highest BCUT2D eigenvalue weighted by Gasteiger charge is 2.21. The van der Waals surface area contributed by atoms with E-state index in [0.717, 1.165) is 9.13 Å². The topological polar surface area (TPSA) is 146 Å². The number of fused-ring (bicyclic) bond motifs is 2. The molecule has 3 aromatic rings. The summed E-state index contributed by atoms with van der Waals surface area (Å²) in [7, 11) is 0. The third-order valence-corrected chi connectivity index (χ3v) is 5.45. The maximum Gasteiger partial charge on any atom is 0.312 e. The van der Waals surface area contributed by atoms with Crippen LogP contribution in [0.15, 0.2) is 24.0 Å². The lowest BCUT2D eigenvalue weighted by Crippen LogP contribution is -2.18. The number of benzene rings is 1. The minimum Gasteiger partial charge on any atom is -0.454 e. The lowest BCUT2D eigenvalue weighted by molar-refractivity contribution is 0.174. The number of aliphatic hydroxyl groups excluding tert-OH is 1. The number of nitrogens with zero attached hydrogens (tertiary/aromatic N) is 4. The Morgan fingerprint density at radius 3 is 2.83 bits per heavy atom. The number of hydrogen-bond donors (Lipinski definition) is 4. The molecule has 0 bridgehead atoms. The highest BCUT2D eigenvalue weighted by molar-refractivity contribution is 14.1. The van der Waals surface area contributed by atoms with Crippen LogP contribution < -0.4 is 26.3 Å². The standard InChI is InChI=1S/C18H19FIN7O3/c19-18-25-16(22)15-17(26-18)27(7-10(21)6-23-1-2-28)14(24-15)4-9-3-12-13(5-11(9)20)30-8-29-12/h3,5-6,23,28H,1-2,4,7-8,21H2,(H2,22,25,26)/b10-6-. The number of hydrogen-bond acceptors (Lipinski definition) is 9. The Balaban J connectivity index is 1.75. The van der Waals surface area contributed by atoms with Gasteiger partial charge in [-0.3, -0.25) is 0 Å². The number of nitrogen functional groups attached to an aromatic ring is 1. The first-order chi connectivity index (χ1) is 14.5. The van der Waals surface area contributed by atoms with Crippen molar-refractivity contribution in [2.24, 2.45) is 5.73 Å². The molecule has 0 saturated carbocycles. The molecule has 0 radical (unpaired) electrons. The first-order valence-corrected chi connectivity index (χ1v) is 10.1. The van der Waals surface area contributed by atoms with E-state index >= 15 is 0 Å². The fourth-order valence-electron chi connectivity index (χ4n) is 3.10. The molecule has 0 aliphatic carbocycles. The Bertz CT molecular complexity index is 1130. The van der Waals surface area contributed by atoms with E-state index in [9.17, 15) is 4.39 Å². The maximum atomic E-state index is 13.9. The molecule has 2 aromatic heterocycles. The summed E-state index contributed by atoms with van der Waals surface area (Å²) in [5, 5.41) is 11.8. The maximum absolute atomic E-state index is 13.9. The molecule has 3 heterocycles. The molecule has 0 saturated heterocycles. The van der Waals surface area contributed by atoms with Crippen LogP contribution >= 0.6 is 22.6 Å². The molecule has 0 amide bonds. The van der Waals surface area contributed by atoms with Crippen molar-refractivity contribution in [1.29, 1.82) is 0 Å². The lowest BCUT2D eigenvalue weighted by Gasteiger charge is -2.11. The Morgan fingerprint density at radius 2 is 2.07 bits per heavy atom. The fourth-order valence-corrected chi connectivity index (χ4v) is 3.73. The molecule has 0 atom stereocenters. The van der Waals surface area contributed by atoms with Crippen molar-refractivity contribution in [3.63, 3.8) is 0 Å². The van der Waals surface area contributed by atoms with Gasteiger partial charge >= 0.3 is 6.08 Å². The van der Waals surface area contributed by atoms with Gasteiger partial charge in [-0.2, -0.15) is 14.4 Å². The predicted octanol–water partition coefficient (Wildman–Crippen LogP) is 0.854. The van der Waals surface area contributed by atoms with Crippen molar-refractivity contribution in [2.45, 2.75) is 13.0 Å². The lowest BCUT2D eigenvalue weighted by atomic mass is 10.1. The fraction of sp³-hybridized carbons (Fsp3) is 0.278. The van der Waals surface area contributed by atoms with Crippen molar-refractivity contribution < 1.29 is 19.0 Å². The Hall–Kier alpha value is -2.87. The SMILES string of the molecule is N/C(=C\NCCO)Cn1c(Cc2cc3c(cc2I)OCO3)nc2c(N)nc(F)nc21. The van der Waals surface area contributed by atoms with Gasteiger partial charge in [0.1, 0.15) is 5.82 Å². The molecule has 10 nitrogen and oxygen atoms in total. The van der Waals surface area contributed by atoms with Crippen molar-refractivity contribution in [2.75, 3.05) is 25.7 Å². The normalized spacial score (nSPS) is 13.2. The minimum atomic E-state index is -0.939. The number of allylic oxidation sites excluding steroid dienone is 1. The number of ether oxygens (including phenoxy) is 2. The molecule has 1 aliphatic rings. The zero-order valence-electron chi connectivity index (χ0n) is 15.7. The number of imidazole rings is 1. The molecular formula is C18H19FIN7O3. The van der Waals surface area contributed by atoms with E-state index in [1.54, 1.807) is 10.8 Å². The number of aromatic nitrogens is 4. The predicted molar refractivity (Wildman–Crippen MR) is 115 cm³/mol. The molecule has 1 aliphatic heterocycles. The van der Waals surface area contributed by atoms with Crippen LogP contribution in [0.5, 0.6) is 11.5 Å². The molecule has 12 heteroatoms. The molecule has 30 heavy (non-hydrogen) atoms. The van der Waals surface area contributed by atoms with E-state index in [-0.39, 0.29) is 31.4 Å². The number of halogens is 2. The molecular weight excluding hydrogens is 508 g/mol. The summed E-state index contributed by atoms with van der Waals surface area (Å²) < 4.78 is 27.4. The van der Waals surface area contributed by atoms with Crippen molar-refractivity contribution >= 4 is 39.6 Å². The first kappa shape index (κ1) is 20.4. The van der Waals surface area contributed by atoms with Gasteiger partial charge in [0, 0.05) is 28.4 Å². The van der Waals surface area contributed by atoms with Crippen LogP contribution in [0.2, 0.25) is 0 Å². The van der Waals surface area contributed by atoms with Crippen LogP contribution in [0.1, 0.15) is 11.4 Å². The second kappa shape index (κ2) is 8.47. The van der Waals surface area contributed by atoms with Crippen molar-refractivity contribution in [3.05, 3.63) is 45.1 Å². The Kier molecular flexibility index (Phi) is 5.76. The van der Waals surface area contributed by atoms with Gasteiger partial charge in [-0.15, -0.1) is 0 Å². The van der Waals surface area contributed by atoms with E-state index in [4.69, 9.17) is 26.0 Å². The summed E-state index contributed by atoms with van der Waals surface area (Å²) in [6, 6.07) is 3.79. The van der Waals surface area contributed by atoms with Gasteiger partial charge in [-0.05, 0) is 40.3 Å². The van der Waals surface area contributed by atoms with E-state index in [0.29, 0.717) is 41.5 Å². The number of nitrogens with one attached hydrogen (secondary N) is 1. The van der Waals surface area contributed by atoms with Crippen LogP contribution in [-0.4, -0.2) is 44.6 Å². The quantitative estimate of drug-likeness (QED) is 0.200. The summed E-state index contributed by atoms with van der Waals surface area (Å²) in [5.41, 5.74) is 13.9. The molecule has 4 rings (SSSR count). The summed E-state index contributed by atoms with van der Waals surface area (Å²) in [6.07, 6.45) is 1.05. The zero-order valence-corrected chi connectivity index (χ0v) is 17.9. The van der Waals surface area contributed by atoms with Crippen molar-refractivity contribution in [3.8, 4) is 11.5 Å². The molecule has 0 fully saturated rings. The minimum absolute atomic E-state index is 0.0272. The number of anilines is 1. The van der Waals surface area contributed by atoms with Crippen LogP contribution in [0.4, 0.5) is 10.2 Å². The molecule has 158 valence electrons. The monoisotopic (exact) mass is 527 g/mol. The van der Waals surface area contributed by atoms with Crippen LogP contribution in [-0.2, 0) is 13.0 Å². The number of rotatable bonds is 7. The summed E-state index contributed by atoms with van der Waals surface area (Å²) >= 11 is 2.22. The van der Waals surface area contributed by atoms with Gasteiger partial charge in [-0.1, -0.05) is 0 Å². The molecule has 0 spiro atoms. The molecule has 6 N–H and O–H groups in total. The van der Waals surface area contributed by atoms with E-state index < -0.39 is 6.08 Å². The average Bonchev–Trinajstić information content (AvgIpc) is 3.27. The van der Waals surface area contributed by atoms with Gasteiger partial charge in [0.15, 0.2) is 28.5 Å². The van der Waals surface area contributed by atoms with E-state index in [1.807, 2.05) is 12.1 Å². The van der Waals surface area contributed by atoms with Gasteiger partial charge in [-0.25, -0.2) is 4.98 Å². The summed E-state index contributed by atoms with van der Waals surface area (Å²) in [4.78, 5) is 12.0. The van der Waals surface area contributed by atoms with Gasteiger partial charge in [0.2, 0.25) is 6.79 Å². The average molecular weight is 527 g/mol. The van der Waals surface area contributed by atoms with Gasteiger partial charge in [0.05, 0.1) is 13.2 Å². The largest absolute Gasteiger partial charge is 0.454 e. The highest BCUT2D eigenvalue weighted by Crippen LogP contribution is 2.36. The molecule has 1 aromatic carbocycles. The summed E-state index contributed by atoms with van der Waals surface area (Å²) in [5.74, 6) is 1.90. The smallest absolute Gasteiger partial charge is 0.312 e. The molecule has 0 unspecified atom stereocenters. The van der Waals surface area contributed by atoms with Gasteiger partial charge in [0.25, 0.3) is 0 Å². The first-order valence-electron chi connectivity index (χ1n) is 9.01. The number of nitrogens with two attached hydrogens (primary N) is 2. The van der Waals surface area contributed by atoms with Gasteiger partial charge < -0.3 is 35.9 Å².